The standard InChI is InChI=1S/C25H27FN4O4/c26-20-12-16(14-29-8-10-34-11-9-29)4-5-17(20)13-27-21-3-1-2-18-19(21)15-30(25(18)33)22-6-7-23(31)28-24(22)32/h1-5,12,22,27H,6-11,13-15H2,(H,28,31,32)/t22-/m0/s1/i15D2. The van der Waals surface area contributed by atoms with Crippen molar-refractivity contribution in [1.82, 2.24) is 15.1 Å². The SMILES string of the molecule is [2H]C1([2H])c2c(NCc3ccc(CN4CCOCC4)cc3F)cccc2C(=O)N1[C@H]1CCC(=O)NC1=O. The average Bonchev–Trinajstić information content (AvgIpc) is 3.05. The summed E-state index contributed by atoms with van der Waals surface area (Å²) in [6.45, 7) is 1.38. The maximum atomic E-state index is 14.9. The number of imide groups is 1. The van der Waals surface area contributed by atoms with Crippen molar-refractivity contribution in [1.29, 1.82) is 0 Å². The molecule has 0 aromatic heterocycles. The molecule has 2 saturated heterocycles. The predicted octanol–water partition coefficient (Wildman–Crippen LogP) is 2.03. The molecule has 3 aliphatic heterocycles. The molecule has 0 unspecified atom stereocenters. The summed E-state index contributed by atoms with van der Waals surface area (Å²) in [4.78, 5) is 40.2. The molecule has 0 radical (unpaired) electrons. The van der Waals surface area contributed by atoms with E-state index >= 15 is 0 Å². The number of piperidine rings is 1. The molecule has 178 valence electrons. The maximum absolute atomic E-state index is 14.9. The van der Waals surface area contributed by atoms with Gasteiger partial charge in [-0.2, -0.15) is 0 Å². The molecule has 2 aromatic carbocycles. The van der Waals surface area contributed by atoms with Gasteiger partial charge in [0.15, 0.2) is 0 Å². The van der Waals surface area contributed by atoms with Crippen LogP contribution in [0, 0.1) is 5.82 Å². The lowest BCUT2D eigenvalue weighted by atomic mass is 10.0. The van der Waals surface area contributed by atoms with Crippen LogP contribution in [0.2, 0.25) is 0 Å². The summed E-state index contributed by atoms with van der Waals surface area (Å²) in [5.41, 5.74) is 1.85. The van der Waals surface area contributed by atoms with Gasteiger partial charge in [-0.15, -0.1) is 0 Å². The largest absolute Gasteiger partial charge is 0.381 e. The highest BCUT2D eigenvalue weighted by Crippen LogP contribution is 2.32. The quantitative estimate of drug-likeness (QED) is 0.631. The van der Waals surface area contributed by atoms with Crippen molar-refractivity contribution in [3.8, 4) is 0 Å². The van der Waals surface area contributed by atoms with Gasteiger partial charge in [-0.05, 0) is 30.2 Å². The molecule has 34 heavy (non-hydrogen) atoms. The number of nitrogens with zero attached hydrogens (tertiary/aromatic N) is 2. The van der Waals surface area contributed by atoms with Gasteiger partial charge in [0.2, 0.25) is 11.8 Å². The molecule has 2 aromatic rings. The minimum Gasteiger partial charge on any atom is -0.381 e. The Labute approximate surface area is 199 Å². The predicted molar refractivity (Wildman–Crippen MR) is 122 cm³/mol. The molecule has 0 spiro atoms. The van der Waals surface area contributed by atoms with Gasteiger partial charge in [-0.3, -0.25) is 24.6 Å². The van der Waals surface area contributed by atoms with Gasteiger partial charge in [0.05, 0.1) is 16.0 Å². The van der Waals surface area contributed by atoms with Crippen LogP contribution in [-0.2, 0) is 33.9 Å². The van der Waals surface area contributed by atoms with Crippen LogP contribution in [0.5, 0.6) is 0 Å². The Morgan fingerprint density at radius 1 is 1.18 bits per heavy atom. The van der Waals surface area contributed by atoms with Crippen molar-refractivity contribution in [2.75, 3.05) is 31.6 Å². The molecule has 8 nitrogen and oxygen atoms in total. The van der Waals surface area contributed by atoms with Gasteiger partial charge >= 0.3 is 0 Å². The minimum absolute atomic E-state index is 0.0263. The zero-order valence-electron chi connectivity index (χ0n) is 20.6. The van der Waals surface area contributed by atoms with Crippen LogP contribution < -0.4 is 10.6 Å². The van der Waals surface area contributed by atoms with E-state index in [4.69, 9.17) is 7.48 Å². The zero-order valence-corrected chi connectivity index (χ0v) is 18.6. The van der Waals surface area contributed by atoms with E-state index in [0.717, 1.165) is 23.6 Å². The second kappa shape index (κ2) is 9.52. The van der Waals surface area contributed by atoms with Gasteiger partial charge in [0.1, 0.15) is 11.9 Å². The number of amides is 3. The number of rotatable bonds is 6. The Bertz CT molecular complexity index is 1220. The van der Waals surface area contributed by atoms with E-state index < -0.39 is 30.3 Å². The Kier molecular flexibility index (Phi) is 5.63. The summed E-state index contributed by atoms with van der Waals surface area (Å²) in [6, 6.07) is 8.74. The molecule has 1 atom stereocenters. The number of carbonyl (C=O) groups is 3. The lowest BCUT2D eigenvalue weighted by molar-refractivity contribution is -0.136. The first-order valence-corrected chi connectivity index (χ1v) is 11.4. The molecule has 9 heteroatoms. The molecule has 2 fully saturated rings. The third-order valence-corrected chi connectivity index (χ3v) is 6.36. The molecule has 3 amide bonds. The topological polar surface area (TPSA) is 91.0 Å². The number of morpholine rings is 1. The third kappa shape index (κ3) is 4.53. The number of benzene rings is 2. The van der Waals surface area contributed by atoms with Crippen molar-refractivity contribution in [2.24, 2.45) is 0 Å². The van der Waals surface area contributed by atoms with E-state index in [-0.39, 0.29) is 36.3 Å². The van der Waals surface area contributed by atoms with Crippen LogP contribution in [-0.4, -0.2) is 59.9 Å². The Hall–Kier alpha value is -3.30. The number of anilines is 1. The van der Waals surface area contributed by atoms with Crippen molar-refractivity contribution >= 4 is 23.4 Å². The maximum Gasteiger partial charge on any atom is 0.255 e. The highest BCUT2D eigenvalue weighted by atomic mass is 19.1. The van der Waals surface area contributed by atoms with Crippen LogP contribution >= 0.6 is 0 Å². The first-order chi connectivity index (χ1) is 17.3. The van der Waals surface area contributed by atoms with Crippen LogP contribution in [0.3, 0.4) is 0 Å². The smallest absolute Gasteiger partial charge is 0.255 e. The number of ether oxygens (including phenoxy) is 1. The van der Waals surface area contributed by atoms with Crippen LogP contribution in [0.15, 0.2) is 36.4 Å². The van der Waals surface area contributed by atoms with Gasteiger partial charge in [0, 0.05) is 61.5 Å². The molecule has 0 bridgehead atoms. The molecule has 3 aliphatic rings. The number of hydrogen-bond donors (Lipinski definition) is 2. The number of fused-ring (bicyclic) bond motifs is 1. The Balaban J connectivity index is 1.33. The van der Waals surface area contributed by atoms with Gasteiger partial charge in [-0.25, -0.2) is 4.39 Å². The average molecular weight is 469 g/mol. The Morgan fingerprint density at radius 3 is 2.76 bits per heavy atom. The molecule has 5 rings (SSSR count). The highest BCUT2D eigenvalue weighted by Gasteiger charge is 2.39. The minimum atomic E-state index is -2.29. The van der Waals surface area contributed by atoms with Gasteiger partial charge in [0.25, 0.3) is 5.91 Å². The normalized spacial score (nSPS) is 23.3. The first-order valence-electron chi connectivity index (χ1n) is 12.4. The van der Waals surface area contributed by atoms with E-state index in [1.165, 1.54) is 12.1 Å². The lowest BCUT2D eigenvalue weighted by Gasteiger charge is -2.29. The van der Waals surface area contributed by atoms with Crippen molar-refractivity contribution < 1.29 is 26.3 Å². The zero-order chi connectivity index (χ0) is 25.4. The monoisotopic (exact) mass is 468 g/mol. The summed E-state index contributed by atoms with van der Waals surface area (Å²) < 4.78 is 37.7. The van der Waals surface area contributed by atoms with E-state index in [0.29, 0.717) is 31.0 Å². The highest BCUT2D eigenvalue weighted by molar-refractivity contribution is 6.06. The van der Waals surface area contributed by atoms with Crippen LogP contribution in [0.25, 0.3) is 0 Å². The number of hydrogen-bond acceptors (Lipinski definition) is 6. The summed E-state index contributed by atoms with van der Waals surface area (Å²) in [5.74, 6) is -2.12. The van der Waals surface area contributed by atoms with E-state index in [2.05, 4.69) is 15.5 Å². The third-order valence-electron chi connectivity index (χ3n) is 6.36. The molecule has 2 N–H and O–H groups in total. The van der Waals surface area contributed by atoms with Crippen LogP contribution in [0.1, 0.15) is 42.6 Å². The van der Waals surface area contributed by atoms with Crippen molar-refractivity contribution in [3.05, 3.63) is 64.5 Å². The lowest BCUT2D eigenvalue weighted by Crippen LogP contribution is -2.52. The fourth-order valence-corrected chi connectivity index (χ4v) is 4.49. The molecule has 0 saturated carbocycles. The summed E-state index contributed by atoms with van der Waals surface area (Å²) in [7, 11) is 0. The first kappa shape index (κ1) is 20.1. The fourth-order valence-electron chi connectivity index (χ4n) is 4.49. The second-order valence-corrected chi connectivity index (χ2v) is 8.65. The number of halogens is 1. The van der Waals surface area contributed by atoms with Gasteiger partial charge < -0.3 is 15.0 Å². The van der Waals surface area contributed by atoms with E-state index in [1.807, 2.05) is 6.07 Å². The number of carbonyl (C=O) groups excluding carboxylic acids is 3. The molecular formula is C25H27FN4O4. The van der Waals surface area contributed by atoms with Crippen molar-refractivity contribution in [3.63, 3.8) is 0 Å². The van der Waals surface area contributed by atoms with Gasteiger partial charge in [-0.1, -0.05) is 18.2 Å². The van der Waals surface area contributed by atoms with E-state index in [9.17, 15) is 18.8 Å². The molecular weight excluding hydrogens is 439 g/mol. The van der Waals surface area contributed by atoms with E-state index in [1.54, 1.807) is 18.2 Å². The summed E-state index contributed by atoms with van der Waals surface area (Å²) in [5, 5.41) is 5.26. The fraction of sp³-hybridized carbons (Fsp3) is 0.400. The summed E-state index contributed by atoms with van der Waals surface area (Å²) in [6.07, 6.45) is 0.0766. The Morgan fingerprint density at radius 2 is 2.00 bits per heavy atom. The second-order valence-electron chi connectivity index (χ2n) is 8.65. The summed E-state index contributed by atoms with van der Waals surface area (Å²) >= 11 is 0. The van der Waals surface area contributed by atoms with Crippen LogP contribution in [0.4, 0.5) is 10.1 Å². The van der Waals surface area contributed by atoms with Crippen molar-refractivity contribution in [2.45, 2.75) is 38.5 Å². The molecule has 3 heterocycles. The molecule has 0 aliphatic carbocycles. The number of nitrogens with one attached hydrogen (secondary N) is 2.